The Balaban J connectivity index is 2.48. The Morgan fingerprint density at radius 3 is 2.57 bits per heavy atom. The minimum absolute atomic E-state index is 1.01. The lowest BCUT2D eigenvalue weighted by Gasteiger charge is -2.03. The molecule has 0 saturated carbocycles. The molecule has 0 spiro atoms. The molecule has 0 fully saturated rings. The van der Waals surface area contributed by atoms with E-state index >= 15 is 0 Å². The number of aryl methyl sites for hydroxylation is 2. The van der Waals surface area contributed by atoms with Gasteiger partial charge in [0, 0.05) is 17.8 Å². The minimum atomic E-state index is 1.01. The maximum absolute atomic E-state index is 4.26. The van der Waals surface area contributed by atoms with E-state index in [1.54, 1.807) is 6.20 Å². The first-order chi connectivity index (χ1) is 6.77. The van der Waals surface area contributed by atoms with Crippen LogP contribution in [0.5, 0.6) is 0 Å². The Kier molecular flexibility index (Phi) is 2.32. The molecule has 1 heteroatoms. The molecule has 2 rings (SSSR count). The summed E-state index contributed by atoms with van der Waals surface area (Å²) in [4.78, 5) is 4.26. The first-order valence-electron chi connectivity index (χ1n) is 4.67. The zero-order valence-corrected chi connectivity index (χ0v) is 8.41. The average Bonchev–Trinajstić information content (AvgIpc) is 2.23. The van der Waals surface area contributed by atoms with Crippen molar-refractivity contribution in [1.29, 1.82) is 0 Å². The van der Waals surface area contributed by atoms with Crippen LogP contribution in [0.4, 0.5) is 0 Å². The Morgan fingerprint density at radius 2 is 1.93 bits per heavy atom. The van der Waals surface area contributed by atoms with E-state index in [2.05, 4.69) is 43.1 Å². The Bertz CT molecular complexity index is 432. The molecule has 1 radical (unpaired) electrons. The van der Waals surface area contributed by atoms with Gasteiger partial charge in [-0.2, -0.15) is 0 Å². The van der Waals surface area contributed by atoms with Gasteiger partial charge in [-0.1, -0.05) is 18.2 Å². The Labute approximate surface area is 84.4 Å². The summed E-state index contributed by atoms with van der Waals surface area (Å²) in [6, 6.07) is 13.2. The van der Waals surface area contributed by atoms with E-state index < -0.39 is 0 Å². The van der Waals surface area contributed by atoms with Gasteiger partial charge in [-0.05, 0) is 37.1 Å². The molecule has 0 amide bonds. The predicted octanol–water partition coefficient (Wildman–Crippen LogP) is 3.17. The van der Waals surface area contributed by atoms with Crippen molar-refractivity contribution in [2.45, 2.75) is 13.8 Å². The average molecular weight is 182 g/mol. The summed E-state index contributed by atoms with van der Waals surface area (Å²) in [5, 5.41) is 0. The first kappa shape index (κ1) is 8.95. The molecule has 0 aliphatic carbocycles. The van der Waals surface area contributed by atoms with Gasteiger partial charge in [-0.3, -0.25) is 4.98 Å². The smallest absolute Gasteiger partial charge is 0.0702 e. The van der Waals surface area contributed by atoms with Gasteiger partial charge in [0.1, 0.15) is 0 Å². The lowest BCUT2D eigenvalue weighted by atomic mass is 10.0. The number of hydrogen-bond acceptors (Lipinski definition) is 1. The van der Waals surface area contributed by atoms with Crippen LogP contribution in [0.3, 0.4) is 0 Å². The van der Waals surface area contributed by atoms with Crippen molar-refractivity contribution in [3.8, 4) is 11.3 Å². The number of aromatic nitrogens is 1. The molecule has 1 aromatic carbocycles. The fourth-order valence-corrected chi connectivity index (χ4v) is 1.39. The second kappa shape index (κ2) is 3.62. The molecule has 2 aromatic rings. The van der Waals surface area contributed by atoms with Crippen LogP contribution in [-0.2, 0) is 0 Å². The van der Waals surface area contributed by atoms with E-state index in [0.29, 0.717) is 0 Å². The van der Waals surface area contributed by atoms with Gasteiger partial charge in [-0.25, -0.2) is 0 Å². The molecule has 0 bridgehead atoms. The maximum Gasteiger partial charge on any atom is 0.0702 e. The molecule has 1 aromatic heterocycles. The largest absolute Gasteiger partial charge is 0.256 e. The highest BCUT2D eigenvalue weighted by Gasteiger charge is 1.99. The molecule has 14 heavy (non-hydrogen) atoms. The van der Waals surface area contributed by atoms with Crippen LogP contribution in [0.2, 0.25) is 0 Å². The summed E-state index contributed by atoms with van der Waals surface area (Å²) in [6.07, 6.45) is 1.70. The molecule has 0 unspecified atom stereocenters. The van der Waals surface area contributed by atoms with E-state index in [0.717, 1.165) is 5.69 Å². The second-order valence-corrected chi connectivity index (χ2v) is 3.44. The Hall–Kier alpha value is -1.63. The number of rotatable bonds is 1. The zero-order chi connectivity index (χ0) is 9.97. The van der Waals surface area contributed by atoms with Crippen molar-refractivity contribution in [2.24, 2.45) is 0 Å². The molecule has 0 aliphatic heterocycles. The quantitative estimate of drug-likeness (QED) is 0.660. The summed E-state index contributed by atoms with van der Waals surface area (Å²) in [5.74, 6) is 0. The zero-order valence-electron chi connectivity index (χ0n) is 8.41. The van der Waals surface area contributed by atoms with Gasteiger partial charge in [0.25, 0.3) is 0 Å². The second-order valence-electron chi connectivity index (χ2n) is 3.44. The van der Waals surface area contributed by atoms with Crippen molar-refractivity contribution in [2.75, 3.05) is 0 Å². The first-order valence-corrected chi connectivity index (χ1v) is 4.67. The molecule has 1 heterocycles. The van der Waals surface area contributed by atoms with E-state index in [4.69, 9.17) is 0 Å². The highest BCUT2D eigenvalue weighted by atomic mass is 14.7. The summed E-state index contributed by atoms with van der Waals surface area (Å²) < 4.78 is 0. The van der Waals surface area contributed by atoms with Gasteiger partial charge < -0.3 is 0 Å². The van der Waals surface area contributed by atoms with Crippen LogP contribution in [0, 0.1) is 19.9 Å². The van der Waals surface area contributed by atoms with Crippen molar-refractivity contribution in [3.05, 3.63) is 53.7 Å². The van der Waals surface area contributed by atoms with Crippen molar-refractivity contribution in [1.82, 2.24) is 4.98 Å². The third kappa shape index (κ3) is 1.67. The summed E-state index contributed by atoms with van der Waals surface area (Å²) >= 11 is 0. The van der Waals surface area contributed by atoms with Gasteiger partial charge in [0.05, 0.1) is 5.69 Å². The summed E-state index contributed by atoms with van der Waals surface area (Å²) in [6.45, 7) is 4.24. The minimum Gasteiger partial charge on any atom is -0.256 e. The van der Waals surface area contributed by atoms with E-state index in [1.807, 2.05) is 12.1 Å². The van der Waals surface area contributed by atoms with E-state index in [-0.39, 0.29) is 0 Å². The van der Waals surface area contributed by atoms with Gasteiger partial charge in [-0.15, -0.1) is 0 Å². The van der Waals surface area contributed by atoms with Gasteiger partial charge in [0.15, 0.2) is 0 Å². The maximum atomic E-state index is 4.26. The molecule has 0 saturated heterocycles. The van der Waals surface area contributed by atoms with Crippen LogP contribution in [0.15, 0.2) is 36.5 Å². The highest BCUT2D eigenvalue weighted by Crippen LogP contribution is 2.19. The normalized spacial score (nSPS) is 10.1. The van der Waals surface area contributed by atoms with Crippen LogP contribution in [-0.4, -0.2) is 4.98 Å². The van der Waals surface area contributed by atoms with Crippen LogP contribution < -0.4 is 0 Å². The Morgan fingerprint density at radius 1 is 1.07 bits per heavy atom. The molecule has 0 aliphatic rings. The number of benzene rings is 1. The predicted molar refractivity (Wildman–Crippen MR) is 58.0 cm³/mol. The fourth-order valence-electron chi connectivity index (χ4n) is 1.39. The number of nitrogens with zero attached hydrogens (tertiary/aromatic N) is 1. The van der Waals surface area contributed by atoms with Crippen molar-refractivity contribution >= 4 is 0 Å². The lowest BCUT2D eigenvalue weighted by molar-refractivity contribution is 1.29. The standard InChI is InChI=1S/C13H12N/c1-10-6-7-12(9-11(10)2)13-5-3-4-8-14-13/h3,5-9H,1-2H3. The third-order valence-electron chi connectivity index (χ3n) is 2.42. The molecule has 69 valence electrons. The molecule has 1 nitrogen and oxygen atoms in total. The van der Waals surface area contributed by atoms with Crippen molar-refractivity contribution in [3.63, 3.8) is 0 Å². The van der Waals surface area contributed by atoms with E-state index in [9.17, 15) is 0 Å². The van der Waals surface area contributed by atoms with Crippen LogP contribution in [0.25, 0.3) is 11.3 Å². The summed E-state index contributed by atoms with van der Waals surface area (Å²) in [5.41, 5.74) is 4.79. The fraction of sp³-hybridized carbons (Fsp3) is 0.154. The summed E-state index contributed by atoms with van der Waals surface area (Å²) in [7, 11) is 0. The van der Waals surface area contributed by atoms with Gasteiger partial charge in [0.2, 0.25) is 0 Å². The number of hydrogen-bond donors (Lipinski definition) is 0. The van der Waals surface area contributed by atoms with Crippen molar-refractivity contribution < 1.29 is 0 Å². The molecular weight excluding hydrogens is 170 g/mol. The monoisotopic (exact) mass is 182 g/mol. The number of pyridine rings is 1. The molecular formula is C13H12N. The van der Waals surface area contributed by atoms with Gasteiger partial charge >= 0.3 is 0 Å². The van der Waals surface area contributed by atoms with Crippen LogP contribution in [0.1, 0.15) is 11.1 Å². The highest BCUT2D eigenvalue weighted by molar-refractivity contribution is 5.60. The topological polar surface area (TPSA) is 12.9 Å². The van der Waals surface area contributed by atoms with Crippen LogP contribution >= 0.6 is 0 Å². The molecule has 0 atom stereocenters. The molecule has 0 N–H and O–H groups in total. The SMILES string of the molecule is Cc1ccc(-c2cc[c]cn2)cc1C. The lowest BCUT2D eigenvalue weighted by Crippen LogP contribution is -1.85. The third-order valence-corrected chi connectivity index (χ3v) is 2.42. The van der Waals surface area contributed by atoms with E-state index in [1.165, 1.54) is 16.7 Å².